The molecule has 0 aromatic heterocycles. The predicted octanol–water partition coefficient (Wildman–Crippen LogP) is 8.88. The summed E-state index contributed by atoms with van der Waals surface area (Å²) in [4.78, 5) is 38.9. The van der Waals surface area contributed by atoms with Crippen molar-refractivity contribution in [3.8, 4) is 0 Å². The Bertz CT molecular complexity index is 1840. The SMILES string of the molecule is CC1(C)OB(CCCC[C@@]2(C(=O)O)CC[C@H](N)C2)OC1(C)C.CC1(C)OB(CCCC[C@@]2(C(=O)OCc3ccccc3)CC[C@H](N=[N+]=[N-])C2)OC1(C)C.N[C@H]1CC[C@@](CCCCB(O)O)(C(=O)O)C1. The summed E-state index contributed by atoms with van der Waals surface area (Å²) in [5.41, 5.74) is 18.4. The molecule has 5 aliphatic rings. The summed E-state index contributed by atoms with van der Waals surface area (Å²) in [5, 5.41) is 40.0. The molecule has 2 aliphatic heterocycles. The van der Waals surface area contributed by atoms with Crippen LogP contribution in [-0.2, 0) is 44.3 Å². The van der Waals surface area contributed by atoms with Gasteiger partial charge in [0.1, 0.15) is 6.61 Å². The fourth-order valence-corrected chi connectivity index (χ4v) is 10.6. The molecule has 1 aromatic rings. The fourth-order valence-electron chi connectivity index (χ4n) is 10.6. The van der Waals surface area contributed by atoms with E-state index < -0.39 is 35.3 Å². The van der Waals surface area contributed by atoms with Crippen LogP contribution < -0.4 is 11.5 Å². The van der Waals surface area contributed by atoms with Crippen molar-refractivity contribution in [2.75, 3.05) is 0 Å². The summed E-state index contributed by atoms with van der Waals surface area (Å²) in [6.45, 7) is 16.7. The van der Waals surface area contributed by atoms with Gasteiger partial charge in [0, 0.05) is 23.0 Å². The Morgan fingerprint density at radius 3 is 1.49 bits per heavy atom. The number of unbranched alkanes of at least 4 members (excludes halogenated alkanes) is 3. The molecule has 0 radical (unpaired) electrons. The van der Waals surface area contributed by atoms with Gasteiger partial charge in [-0.3, -0.25) is 14.4 Å². The van der Waals surface area contributed by atoms with Crippen molar-refractivity contribution < 1.29 is 58.0 Å². The van der Waals surface area contributed by atoms with Crippen molar-refractivity contribution >= 4 is 39.3 Å². The van der Waals surface area contributed by atoms with Crippen LogP contribution in [0.15, 0.2) is 35.4 Å². The van der Waals surface area contributed by atoms with E-state index in [2.05, 4.69) is 37.7 Å². The second-order valence-electron chi connectivity index (χ2n) is 22.7. The van der Waals surface area contributed by atoms with Gasteiger partial charge in [-0.15, -0.1) is 0 Å². The molecule has 0 bridgehead atoms. The van der Waals surface area contributed by atoms with Crippen LogP contribution in [0.5, 0.6) is 0 Å². The van der Waals surface area contributed by atoms with Gasteiger partial charge in [-0.05, 0) is 162 Å². The molecule has 0 amide bonds. The van der Waals surface area contributed by atoms with Crippen LogP contribution in [0, 0.1) is 16.2 Å². The first-order valence-electron chi connectivity index (χ1n) is 25.5. The maximum absolute atomic E-state index is 13.1. The molecule has 2 saturated heterocycles. The third-order valence-corrected chi connectivity index (χ3v) is 16.3. The number of nitrogens with two attached hydrogens (primary N) is 2. The molecule has 5 fully saturated rings. The number of aliphatic carboxylic acids is 2. The Labute approximate surface area is 412 Å². The molecule has 2 heterocycles. The summed E-state index contributed by atoms with van der Waals surface area (Å²) in [5.74, 6) is -1.62. The number of rotatable bonds is 21. The molecule has 17 nitrogen and oxygen atoms in total. The van der Waals surface area contributed by atoms with Crippen molar-refractivity contribution in [3.05, 3.63) is 46.3 Å². The lowest BCUT2D eigenvalue weighted by atomic mass is 9.77. The minimum Gasteiger partial charge on any atom is -0.481 e. The smallest absolute Gasteiger partial charge is 0.457 e. The summed E-state index contributed by atoms with van der Waals surface area (Å²) in [6.07, 6.45) is 14.9. The first kappa shape index (κ1) is 58.4. The van der Waals surface area contributed by atoms with Crippen molar-refractivity contribution in [3.63, 3.8) is 0 Å². The highest BCUT2D eigenvalue weighted by Gasteiger charge is 2.52. The first-order valence-corrected chi connectivity index (χ1v) is 25.5. The number of carbonyl (C=O) groups is 3. The lowest BCUT2D eigenvalue weighted by molar-refractivity contribution is -0.158. The molecule has 69 heavy (non-hydrogen) atoms. The number of azide groups is 1. The standard InChI is InChI=1S/C23H34BN3O4.C16H30BNO4.C10H20BNO4/c1-21(2)22(3,4)31-24(30-21)15-9-8-13-23(14-12-19(16-23)26-27-25)20(28)29-17-18-10-6-5-7-11-18;1-14(2)15(3,4)22-17(21-14)10-6-5-8-16(13(19)20)9-7-12(18)11-16;12-8-3-5-10(7-8,9(13)14)4-1-2-6-11(15)16/h5-7,10-11,19H,8-9,12-17H2,1-4H3;12H,5-11,18H2,1-4H3,(H,19,20);8,15-16H,1-7,12H2,(H,13,14)/t19-,23+;12-,16+;8-,10+/m000/s1. The average molecular weight is 968 g/mol. The number of carboxylic acids is 2. The van der Waals surface area contributed by atoms with Crippen molar-refractivity contribution in [1.29, 1.82) is 0 Å². The predicted molar refractivity (Wildman–Crippen MR) is 268 cm³/mol. The zero-order chi connectivity index (χ0) is 51.3. The highest BCUT2D eigenvalue weighted by molar-refractivity contribution is 6.45. The Kier molecular flexibility index (Phi) is 21.1. The number of benzene rings is 1. The minimum absolute atomic E-state index is 0.000433. The van der Waals surface area contributed by atoms with Crippen LogP contribution in [-0.4, -0.2) is 100 Å². The van der Waals surface area contributed by atoms with Gasteiger partial charge in [0.05, 0.1) is 38.6 Å². The van der Waals surface area contributed by atoms with E-state index in [1.165, 1.54) is 0 Å². The second kappa shape index (κ2) is 25.0. The average Bonchev–Trinajstić information content (AvgIpc) is 4.06. The Hall–Kier alpha value is -3.19. The molecule has 3 aliphatic carbocycles. The van der Waals surface area contributed by atoms with Gasteiger partial charge in [-0.2, -0.15) is 0 Å². The molecular weight excluding hydrogens is 883 g/mol. The molecule has 6 atom stereocenters. The number of carbonyl (C=O) groups excluding carboxylic acids is 1. The van der Waals surface area contributed by atoms with E-state index in [4.69, 9.17) is 50.4 Å². The lowest BCUT2D eigenvalue weighted by Crippen LogP contribution is -2.41. The quantitative estimate of drug-likeness (QED) is 0.0168. The Morgan fingerprint density at radius 2 is 1.10 bits per heavy atom. The van der Waals surface area contributed by atoms with Crippen LogP contribution in [0.25, 0.3) is 10.4 Å². The van der Waals surface area contributed by atoms with Gasteiger partial charge in [-0.25, -0.2) is 0 Å². The molecule has 386 valence electrons. The van der Waals surface area contributed by atoms with Crippen molar-refractivity contribution in [1.82, 2.24) is 0 Å². The summed E-state index contributed by atoms with van der Waals surface area (Å²) in [6, 6.07) is 9.60. The third-order valence-electron chi connectivity index (χ3n) is 16.3. The number of nitrogens with zero attached hydrogens (tertiary/aromatic N) is 3. The third kappa shape index (κ3) is 16.2. The van der Waals surface area contributed by atoms with E-state index in [1.807, 2.05) is 58.0 Å². The van der Waals surface area contributed by atoms with Crippen molar-refractivity contribution in [2.24, 2.45) is 32.8 Å². The van der Waals surface area contributed by atoms with E-state index in [1.54, 1.807) is 0 Å². The summed E-state index contributed by atoms with van der Waals surface area (Å²) in [7, 11) is -1.69. The Morgan fingerprint density at radius 1 is 0.681 bits per heavy atom. The largest absolute Gasteiger partial charge is 0.481 e. The number of hydrogen-bond acceptors (Lipinski definition) is 13. The number of esters is 1. The monoisotopic (exact) mass is 968 g/mol. The van der Waals surface area contributed by atoms with Crippen LogP contribution in [0.3, 0.4) is 0 Å². The normalized spacial score (nSPS) is 29.3. The van der Waals surface area contributed by atoms with E-state index >= 15 is 0 Å². The van der Waals surface area contributed by atoms with E-state index in [9.17, 15) is 24.6 Å². The molecule has 8 N–H and O–H groups in total. The van der Waals surface area contributed by atoms with Gasteiger partial charge in [0.25, 0.3) is 0 Å². The zero-order valence-corrected chi connectivity index (χ0v) is 43.0. The number of hydrogen-bond donors (Lipinski definition) is 6. The number of carboxylic acid groups (broad SMARTS) is 2. The molecule has 1 aromatic carbocycles. The van der Waals surface area contributed by atoms with Crippen LogP contribution in [0.2, 0.25) is 19.0 Å². The topological polar surface area (TPSA) is 279 Å². The van der Waals surface area contributed by atoms with Crippen LogP contribution >= 0.6 is 0 Å². The molecule has 3 saturated carbocycles. The van der Waals surface area contributed by atoms with Gasteiger partial charge >= 0.3 is 39.3 Å². The minimum atomic E-state index is -1.29. The second-order valence-corrected chi connectivity index (χ2v) is 22.7. The molecule has 0 unspecified atom stereocenters. The fraction of sp³-hybridized carbons (Fsp3) is 0.816. The summed E-state index contributed by atoms with van der Waals surface area (Å²) >= 11 is 0. The highest BCUT2D eigenvalue weighted by atomic mass is 16.7. The molecular formula is C49H84B3N5O12. The zero-order valence-electron chi connectivity index (χ0n) is 43.0. The maximum atomic E-state index is 13.1. The maximum Gasteiger partial charge on any atom is 0.457 e. The van der Waals surface area contributed by atoms with E-state index in [0.29, 0.717) is 70.5 Å². The first-order chi connectivity index (χ1) is 32.2. The Balaban J connectivity index is 0.000000239. The summed E-state index contributed by atoms with van der Waals surface area (Å²) < 4.78 is 29.8. The van der Waals surface area contributed by atoms with Gasteiger partial charge in [0.15, 0.2) is 0 Å². The highest BCUT2D eigenvalue weighted by Crippen LogP contribution is 2.47. The van der Waals surface area contributed by atoms with Crippen LogP contribution in [0.4, 0.5) is 0 Å². The van der Waals surface area contributed by atoms with E-state index in [-0.39, 0.29) is 67.3 Å². The van der Waals surface area contributed by atoms with Gasteiger partial charge in [0.2, 0.25) is 0 Å². The van der Waals surface area contributed by atoms with Gasteiger partial charge in [-0.1, -0.05) is 74.0 Å². The lowest BCUT2D eigenvalue weighted by Gasteiger charge is -2.32. The number of ether oxygens (including phenoxy) is 1. The molecule has 20 heteroatoms. The molecule has 6 rings (SSSR count). The van der Waals surface area contributed by atoms with Crippen LogP contribution in [0.1, 0.15) is 177 Å². The van der Waals surface area contributed by atoms with Crippen molar-refractivity contribution in [2.45, 2.75) is 237 Å². The van der Waals surface area contributed by atoms with E-state index in [0.717, 1.165) is 69.6 Å². The molecule has 0 spiro atoms. The van der Waals surface area contributed by atoms with Gasteiger partial charge < -0.3 is 55.1 Å².